The first-order valence-electron chi connectivity index (χ1n) is 8.68. The number of ether oxygens (including phenoxy) is 2. The highest BCUT2D eigenvalue weighted by Gasteiger charge is 2.23. The van der Waals surface area contributed by atoms with Gasteiger partial charge >= 0.3 is 0 Å². The molecule has 0 radical (unpaired) electrons. The van der Waals surface area contributed by atoms with Crippen molar-refractivity contribution in [1.29, 1.82) is 0 Å². The SMILES string of the molecule is CCCCC(Br)Oc1ccc(OCCCCC(C)(C)C(N)=O)cc1. The Hall–Kier alpha value is -1.23. The molecule has 0 saturated heterocycles. The third-order valence-corrected chi connectivity index (χ3v) is 4.65. The van der Waals surface area contributed by atoms with Crippen LogP contribution in [0, 0.1) is 5.41 Å². The minimum atomic E-state index is -0.441. The second-order valence-corrected chi connectivity index (χ2v) is 7.72. The third-order valence-electron chi connectivity index (χ3n) is 4.00. The molecule has 0 aromatic heterocycles. The zero-order valence-corrected chi connectivity index (χ0v) is 16.6. The first-order chi connectivity index (χ1) is 11.3. The van der Waals surface area contributed by atoms with Gasteiger partial charge in [0.15, 0.2) is 5.01 Å². The van der Waals surface area contributed by atoms with Gasteiger partial charge in [0.1, 0.15) is 11.5 Å². The van der Waals surface area contributed by atoms with Crippen LogP contribution in [0.5, 0.6) is 11.5 Å². The van der Waals surface area contributed by atoms with Gasteiger partial charge < -0.3 is 15.2 Å². The Morgan fingerprint density at radius 1 is 1.17 bits per heavy atom. The molecule has 0 bridgehead atoms. The van der Waals surface area contributed by atoms with Gasteiger partial charge in [0.25, 0.3) is 0 Å². The Balaban J connectivity index is 2.26. The number of rotatable bonds is 12. The van der Waals surface area contributed by atoms with Crippen molar-refractivity contribution >= 4 is 21.8 Å². The van der Waals surface area contributed by atoms with Gasteiger partial charge in [0, 0.05) is 5.41 Å². The molecule has 0 aliphatic heterocycles. The van der Waals surface area contributed by atoms with Gasteiger partial charge in [-0.1, -0.05) is 27.2 Å². The Kier molecular flexibility index (Phi) is 9.19. The molecule has 0 heterocycles. The summed E-state index contributed by atoms with van der Waals surface area (Å²) in [5, 5.41) is 0.0535. The van der Waals surface area contributed by atoms with E-state index in [1.165, 1.54) is 0 Å². The second-order valence-electron chi connectivity index (χ2n) is 6.70. The maximum Gasteiger partial charge on any atom is 0.223 e. The minimum absolute atomic E-state index is 0.0535. The fourth-order valence-electron chi connectivity index (χ4n) is 2.17. The lowest BCUT2D eigenvalue weighted by atomic mass is 9.86. The summed E-state index contributed by atoms with van der Waals surface area (Å²) in [6.07, 6.45) is 5.90. The lowest BCUT2D eigenvalue weighted by molar-refractivity contribution is -0.126. The summed E-state index contributed by atoms with van der Waals surface area (Å²) in [7, 11) is 0. The van der Waals surface area contributed by atoms with Crippen LogP contribution in [0.15, 0.2) is 24.3 Å². The topological polar surface area (TPSA) is 61.6 Å². The molecular formula is C19H30BrNO3. The van der Waals surface area contributed by atoms with Gasteiger partial charge in [-0.15, -0.1) is 0 Å². The largest absolute Gasteiger partial charge is 0.494 e. The number of halogens is 1. The minimum Gasteiger partial charge on any atom is -0.494 e. The molecule has 0 spiro atoms. The van der Waals surface area contributed by atoms with Gasteiger partial charge in [-0.05, 0) is 72.3 Å². The van der Waals surface area contributed by atoms with E-state index in [0.717, 1.165) is 50.0 Å². The fourth-order valence-corrected chi connectivity index (χ4v) is 2.71. The van der Waals surface area contributed by atoms with E-state index >= 15 is 0 Å². The van der Waals surface area contributed by atoms with Gasteiger partial charge in [0.2, 0.25) is 5.91 Å². The summed E-state index contributed by atoms with van der Waals surface area (Å²) in [6, 6.07) is 7.68. The maximum absolute atomic E-state index is 11.2. The van der Waals surface area contributed by atoms with Crippen LogP contribution in [0.3, 0.4) is 0 Å². The number of hydrogen-bond acceptors (Lipinski definition) is 3. The summed E-state index contributed by atoms with van der Waals surface area (Å²) >= 11 is 3.53. The number of alkyl halides is 1. The molecule has 1 amide bonds. The van der Waals surface area contributed by atoms with Crippen LogP contribution in [-0.4, -0.2) is 17.5 Å². The zero-order valence-electron chi connectivity index (χ0n) is 15.0. The Morgan fingerprint density at radius 2 is 1.79 bits per heavy atom. The van der Waals surface area contributed by atoms with E-state index in [1.807, 2.05) is 38.1 Å². The van der Waals surface area contributed by atoms with Gasteiger partial charge in [-0.25, -0.2) is 0 Å². The lowest BCUT2D eigenvalue weighted by Gasteiger charge is -2.19. The number of carbonyl (C=O) groups excluding carboxylic acids is 1. The molecule has 24 heavy (non-hydrogen) atoms. The zero-order chi connectivity index (χ0) is 18.0. The number of hydrogen-bond donors (Lipinski definition) is 1. The van der Waals surface area contributed by atoms with E-state index in [9.17, 15) is 4.79 Å². The molecule has 0 aliphatic rings. The quantitative estimate of drug-likeness (QED) is 0.395. The molecule has 1 aromatic rings. The molecule has 5 heteroatoms. The van der Waals surface area contributed by atoms with Crippen molar-refractivity contribution in [3.63, 3.8) is 0 Å². The molecule has 0 fully saturated rings. The van der Waals surface area contributed by atoms with Crippen molar-refractivity contribution in [1.82, 2.24) is 0 Å². The predicted octanol–water partition coefficient (Wildman–Crippen LogP) is 5.04. The molecule has 1 atom stereocenters. The predicted molar refractivity (Wildman–Crippen MR) is 102 cm³/mol. The Labute approximate surface area is 154 Å². The van der Waals surface area contributed by atoms with Crippen molar-refractivity contribution in [2.45, 2.75) is 64.3 Å². The highest BCUT2D eigenvalue weighted by Crippen LogP contribution is 2.24. The van der Waals surface area contributed by atoms with E-state index in [0.29, 0.717) is 6.61 Å². The van der Waals surface area contributed by atoms with Crippen molar-refractivity contribution < 1.29 is 14.3 Å². The molecule has 2 N–H and O–H groups in total. The van der Waals surface area contributed by atoms with Crippen LogP contribution in [0.2, 0.25) is 0 Å². The summed E-state index contributed by atoms with van der Waals surface area (Å²) in [5.41, 5.74) is 4.92. The van der Waals surface area contributed by atoms with Gasteiger partial charge in [-0.2, -0.15) is 0 Å². The molecule has 0 aliphatic carbocycles. The van der Waals surface area contributed by atoms with E-state index in [1.54, 1.807) is 0 Å². The number of primary amides is 1. The molecule has 136 valence electrons. The Bertz CT molecular complexity index is 488. The fraction of sp³-hybridized carbons (Fsp3) is 0.632. The summed E-state index contributed by atoms with van der Waals surface area (Å²) in [5.74, 6) is 1.42. The number of benzene rings is 1. The van der Waals surface area contributed by atoms with Crippen molar-refractivity contribution in [3.8, 4) is 11.5 Å². The van der Waals surface area contributed by atoms with Crippen LogP contribution in [0.25, 0.3) is 0 Å². The first kappa shape index (κ1) is 20.8. The van der Waals surface area contributed by atoms with Crippen LogP contribution < -0.4 is 15.2 Å². The number of nitrogens with two attached hydrogens (primary N) is 1. The number of carbonyl (C=O) groups is 1. The van der Waals surface area contributed by atoms with Crippen LogP contribution in [-0.2, 0) is 4.79 Å². The van der Waals surface area contributed by atoms with Crippen molar-refractivity contribution in [2.24, 2.45) is 11.1 Å². The summed E-state index contributed by atoms with van der Waals surface area (Å²) < 4.78 is 11.5. The number of amides is 1. The van der Waals surface area contributed by atoms with Crippen LogP contribution >= 0.6 is 15.9 Å². The monoisotopic (exact) mass is 399 g/mol. The highest BCUT2D eigenvalue weighted by atomic mass is 79.9. The second kappa shape index (κ2) is 10.6. The summed E-state index contributed by atoms with van der Waals surface area (Å²) in [6.45, 7) is 6.56. The highest BCUT2D eigenvalue weighted by molar-refractivity contribution is 9.09. The van der Waals surface area contributed by atoms with Gasteiger partial charge in [-0.3, -0.25) is 4.79 Å². The van der Waals surface area contributed by atoms with Crippen molar-refractivity contribution in [2.75, 3.05) is 6.61 Å². The standard InChI is InChI=1S/C19H30BrNO3/c1-4-5-8-17(20)24-16-11-9-15(10-12-16)23-14-7-6-13-19(2,3)18(21)22/h9-12,17H,4-8,13-14H2,1-3H3,(H2,21,22). The first-order valence-corrected chi connectivity index (χ1v) is 9.60. The number of unbranched alkanes of at least 4 members (excludes halogenated alkanes) is 2. The van der Waals surface area contributed by atoms with E-state index in [2.05, 4.69) is 22.9 Å². The van der Waals surface area contributed by atoms with Gasteiger partial charge in [0.05, 0.1) is 6.61 Å². The average Bonchev–Trinajstić information content (AvgIpc) is 2.54. The third kappa shape index (κ3) is 8.04. The maximum atomic E-state index is 11.2. The smallest absolute Gasteiger partial charge is 0.223 e. The molecule has 0 saturated carbocycles. The van der Waals surface area contributed by atoms with E-state index < -0.39 is 5.41 Å². The normalized spacial score (nSPS) is 12.7. The Morgan fingerprint density at radius 3 is 2.38 bits per heavy atom. The molecule has 1 rings (SSSR count). The average molecular weight is 400 g/mol. The molecule has 4 nitrogen and oxygen atoms in total. The summed E-state index contributed by atoms with van der Waals surface area (Å²) in [4.78, 5) is 11.2. The molecule has 1 aromatic carbocycles. The van der Waals surface area contributed by atoms with Crippen LogP contribution in [0.1, 0.15) is 59.3 Å². The molecular weight excluding hydrogens is 370 g/mol. The molecule has 1 unspecified atom stereocenters. The van der Waals surface area contributed by atoms with Crippen molar-refractivity contribution in [3.05, 3.63) is 24.3 Å². The lowest BCUT2D eigenvalue weighted by Crippen LogP contribution is -2.31. The van der Waals surface area contributed by atoms with E-state index in [-0.39, 0.29) is 10.9 Å². The van der Waals surface area contributed by atoms with Crippen LogP contribution in [0.4, 0.5) is 0 Å². The van der Waals surface area contributed by atoms with E-state index in [4.69, 9.17) is 15.2 Å².